The summed E-state index contributed by atoms with van der Waals surface area (Å²) in [4.78, 5) is 28.6. The second-order valence-electron chi connectivity index (χ2n) is 10.3. The Hall–Kier alpha value is -2.58. The van der Waals surface area contributed by atoms with Gasteiger partial charge in [0.1, 0.15) is 6.04 Å². The Bertz CT molecular complexity index is 1200. The molecule has 2 aromatic rings. The summed E-state index contributed by atoms with van der Waals surface area (Å²) in [7, 11) is -3.53. The summed E-state index contributed by atoms with van der Waals surface area (Å²) >= 11 is 6.43. The van der Waals surface area contributed by atoms with Crippen LogP contribution < -0.4 is 9.62 Å². The summed E-state index contributed by atoms with van der Waals surface area (Å²) in [6.07, 6.45) is 8.24. The van der Waals surface area contributed by atoms with Crippen molar-refractivity contribution in [1.82, 2.24) is 10.2 Å². The van der Waals surface area contributed by atoms with Crippen LogP contribution in [-0.2, 0) is 32.6 Å². The van der Waals surface area contributed by atoms with Crippen LogP contribution in [0.15, 0.2) is 48.5 Å². The lowest BCUT2D eigenvalue weighted by atomic mass is 9.95. The van der Waals surface area contributed by atoms with Crippen LogP contribution in [0.2, 0.25) is 5.02 Å². The zero-order valence-corrected chi connectivity index (χ0v) is 24.9. The van der Waals surface area contributed by atoms with E-state index in [0.29, 0.717) is 23.6 Å². The number of hydrogen-bond donors (Lipinski definition) is 1. The number of amides is 2. The van der Waals surface area contributed by atoms with Crippen molar-refractivity contribution in [2.45, 2.75) is 90.3 Å². The van der Waals surface area contributed by atoms with Crippen LogP contribution in [-0.4, -0.2) is 50.0 Å². The summed E-state index contributed by atoms with van der Waals surface area (Å²) < 4.78 is 26.5. The Labute approximate surface area is 239 Å². The molecule has 7 nitrogen and oxygen atoms in total. The van der Waals surface area contributed by atoms with Gasteiger partial charge in [-0.15, -0.1) is 0 Å². The van der Waals surface area contributed by atoms with E-state index < -0.39 is 16.1 Å². The van der Waals surface area contributed by atoms with Crippen LogP contribution in [0.25, 0.3) is 0 Å². The van der Waals surface area contributed by atoms with Gasteiger partial charge in [0.25, 0.3) is 0 Å². The number of rotatable bonds is 13. The maximum atomic E-state index is 13.6. The Kier molecular flexibility index (Phi) is 11.7. The van der Waals surface area contributed by atoms with Gasteiger partial charge in [-0.1, -0.05) is 75.0 Å². The highest BCUT2D eigenvalue weighted by molar-refractivity contribution is 7.92. The zero-order valence-electron chi connectivity index (χ0n) is 23.4. The van der Waals surface area contributed by atoms with E-state index in [4.69, 9.17) is 11.6 Å². The molecule has 0 saturated heterocycles. The highest BCUT2D eigenvalue weighted by Crippen LogP contribution is 2.23. The van der Waals surface area contributed by atoms with Crippen molar-refractivity contribution in [1.29, 1.82) is 0 Å². The van der Waals surface area contributed by atoms with Crippen molar-refractivity contribution in [2.75, 3.05) is 17.1 Å². The summed E-state index contributed by atoms with van der Waals surface area (Å²) in [5.74, 6) is -0.339. The molecule has 0 spiro atoms. The maximum Gasteiger partial charge on any atom is 0.243 e. The van der Waals surface area contributed by atoms with Gasteiger partial charge in [0.05, 0.1) is 11.9 Å². The summed E-state index contributed by atoms with van der Waals surface area (Å²) in [6, 6.07) is 14.3. The molecule has 2 amide bonds. The Morgan fingerprint density at radius 2 is 1.69 bits per heavy atom. The van der Waals surface area contributed by atoms with E-state index in [9.17, 15) is 18.0 Å². The van der Waals surface area contributed by atoms with E-state index in [-0.39, 0.29) is 37.4 Å². The van der Waals surface area contributed by atoms with E-state index in [1.54, 1.807) is 23.1 Å². The topological polar surface area (TPSA) is 86.8 Å². The number of benzene rings is 2. The second kappa shape index (κ2) is 14.7. The first-order chi connectivity index (χ1) is 18.6. The minimum absolute atomic E-state index is 0.108. The van der Waals surface area contributed by atoms with Gasteiger partial charge in [-0.25, -0.2) is 8.42 Å². The van der Waals surface area contributed by atoms with E-state index in [1.807, 2.05) is 44.2 Å². The smallest absolute Gasteiger partial charge is 0.243 e. The largest absolute Gasteiger partial charge is 0.352 e. The summed E-state index contributed by atoms with van der Waals surface area (Å²) in [5, 5.41) is 3.72. The Morgan fingerprint density at radius 3 is 2.28 bits per heavy atom. The molecule has 39 heavy (non-hydrogen) atoms. The number of halogens is 1. The van der Waals surface area contributed by atoms with Gasteiger partial charge in [0.15, 0.2) is 0 Å². The summed E-state index contributed by atoms with van der Waals surface area (Å²) in [6.45, 7) is 4.33. The maximum absolute atomic E-state index is 13.6. The average molecular weight is 576 g/mol. The molecule has 0 heterocycles. The van der Waals surface area contributed by atoms with Crippen molar-refractivity contribution < 1.29 is 18.0 Å². The molecular weight excluding hydrogens is 534 g/mol. The average Bonchev–Trinajstić information content (AvgIpc) is 2.92. The van der Waals surface area contributed by atoms with E-state index in [0.717, 1.165) is 43.2 Å². The predicted octanol–water partition coefficient (Wildman–Crippen LogP) is 5.70. The monoisotopic (exact) mass is 575 g/mol. The SMILES string of the molecule is CCc1ccc(N(CCCC(=O)N(Cc2ccccc2Cl)[C@H](CC)C(=O)NC2CCCCC2)S(C)(=O)=O)cc1. The lowest BCUT2D eigenvalue weighted by Crippen LogP contribution is -2.51. The number of nitrogens with one attached hydrogen (secondary N) is 1. The van der Waals surface area contributed by atoms with Crippen LogP contribution in [0.3, 0.4) is 0 Å². The van der Waals surface area contributed by atoms with Gasteiger partial charge >= 0.3 is 0 Å². The number of sulfonamides is 1. The van der Waals surface area contributed by atoms with E-state index >= 15 is 0 Å². The minimum Gasteiger partial charge on any atom is -0.352 e. The van der Waals surface area contributed by atoms with Crippen molar-refractivity contribution in [3.63, 3.8) is 0 Å². The number of hydrogen-bond acceptors (Lipinski definition) is 4. The molecule has 1 atom stereocenters. The molecule has 1 fully saturated rings. The van der Waals surface area contributed by atoms with Crippen molar-refractivity contribution >= 4 is 39.1 Å². The molecule has 9 heteroatoms. The van der Waals surface area contributed by atoms with Gasteiger partial charge in [-0.2, -0.15) is 0 Å². The van der Waals surface area contributed by atoms with Crippen LogP contribution in [0, 0.1) is 0 Å². The van der Waals surface area contributed by atoms with Crippen LogP contribution in [0.4, 0.5) is 5.69 Å². The highest BCUT2D eigenvalue weighted by atomic mass is 35.5. The number of carbonyl (C=O) groups excluding carboxylic acids is 2. The molecule has 2 aromatic carbocycles. The molecule has 0 aliphatic heterocycles. The normalized spacial score (nSPS) is 15.0. The quantitative estimate of drug-likeness (QED) is 0.332. The molecule has 0 bridgehead atoms. The highest BCUT2D eigenvalue weighted by Gasteiger charge is 2.30. The Balaban J connectivity index is 1.75. The second-order valence-corrected chi connectivity index (χ2v) is 12.7. The van der Waals surface area contributed by atoms with Crippen molar-refractivity contribution in [3.8, 4) is 0 Å². The molecule has 1 N–H and O–H groups in total. The fourth-order valence-electron chi connectivity index (χ4n) is 5.18. The van der Waals surface area contributed by atoms with E-state index in [2.05, 4.69) is 5.32 Å². The lowest BCUT2D eigenvalue weighted by Gasteiger charge is -2.33. The number of carbonyl (C=O) groups is 2. The van der Waals surface area contributed by atoms with Crippen molar-refractivity contribution in [3.05, 3.63) is 64.7 Å². The standard InChI is InChI=1S/C30H42ClN3O4S/c1-4-23-17-19-26(20-18-23)34(39(3,37)38)21-11-16-29(35)33(22-24-12-9-10-15-27(24)31)28(5-2)30(36)32-25-13-7-6-8-14-25/h9-10,12,15,17-20,25,28H,4-8,11,13-14,16,21-22H2,1-3H3,(H,32,36)/t28-/m1/s1. The number of nitrogens with zero attached hydrogens (tertiary/aromatic N) is 2. The molecule has 0 radical (unpaired) electrons. The minimum atomic E-state index is -3.53. The molecule has 1 aliphatic rings. The first-order valence-corrected chi connectivity index (χ1v) is 16.3. The van der Waals surface area contributed by atoms with Gasteiger partial charge in [-0.3, -0.25) is 13.9 Å². The third-order valence-electron chi connectivity index (χ3n) is 7.42. The van der Waals surface area contributed by atoms with Crippen molar-refractivity contribution in [2.24, 2.45) is 0 Å². The van der Waals surface area contributed by atoms with Gasteiger partial charge in [0.2, 0.25) is 21.8 Å². The first kappa shape index (κ1) is 31.0. The van der Waals surface area contributed by atoms with Gasteiger partial charge in [0, 0.05) is 30.6 Å². The number of aryl methyl sites for hydroxylation is 1. The van der Waals surface area contributed by atoms with Gasteiger partial charge < -0.3 is 10.2 Å². The molecule has 1 aliphatic carbocycles. The molecular formula is C30H42ClN3O4S. The summed E-state index contributed by atoms with van der Waals surface area (Å²) in [5.41, 5.74) is 2.47. The van der Waals surface area contributed by atoms with E-state index in [1.165, 1.54) is 17.0 Å². The Morgan fingerprint density at radius 1 is 1.03 bits per heavy atom. The molecule has 0 aromatic heterocycles. The zero-order chi connectivity index (χ0) is 28.4. The van der Waals surface area contributed by atoms with Crippen LogP contribution >= 0.6 is 11.6 Å². The third-order valence-corrected chi connectivity index (χ3v) is 8.98. The van der Waals surface area contributed by atoms with Gasteiger partial charge in [-0.05, 0) is 61.4 Å². The number of anilines is 1. The molecule has 0 unspecified atom stereocenters. The predicted molar refractivity (Wildman–Crippen MR) is 158 cm³/mol. The van der Waals surface area contributed by atoms with Crippen LogP contribution in [0.1, 0.15) is 76.3 Å². The molecule has 3 rings (SSSR count). The lowest BCUT2D eigenvalue weighted by molar-refractivity contribution is -0.141. The fraction of sp³-hybridized carbons (Fsp3) is 0.533. The third kappa shape index (κ3) is 8.97. The fourth-order valence-corrected chi connectivity index (χ4v) is 6.34. The van der Waals surface area contributed by atoms with Crippen LogP contribution in [0.5, 0.6) is 0 Å². The first-order valence-electron chi connectivity index (χ1n) is 14.0. The molecule has 1 saturated carbocycles. The molecule has 214 valence electrons.